The fourth-order valence-corrected chi connectivity index (χ4v) is 2.86. The molecule has 140 valence electrons. The number of nitrogens with two attached hydrogens (primary N) is 2. The van der Waals surface area contributed by atoms with Crippen LogP contribution in [0.2, 0.25) is 0 Å². The molecule has 1 aliphatic heterocycles. The van der Waals surface area contributed by atoms with Crippen molar-refractivity contribution in [1.29, 1.82) is 0 Å². The van der Waals surface area contributed by atoms with Gasteiger partial charge in [0.2, 0.25) is 0 Å². The van der Waals surface area contributed by atoms with Crippen LogP contribution in [0.4, 0.5) is 8.78 Å². The number of hydrogen-bond donors (Lipinski definition) is 2. The number of rotatable bonds is 3. The first-order chi connectivity index (χ1) is 12.8. The SMILES string of the molecule is COc1cc(F)c(C2=CC(C)Oc3ccc(C(=O)N=C(N)N)cc32)c(F)c1. The molecular weight excluding hydrogens is 356 g/mol. The predicted octanol–water partition coefficient (Wildman–Crippen LogP) is 2.60. The van der Waals surface area contributed by atoms with Gasteiger partial charge in [0.15, 0.2) is 5.96 Å². The van der Waals surface area contributed by atoms with Gasteiger partial charge in [-0.1, -0.05) is 0 Å². The van der Waals surface area contributed by atoms with Crippen LogP contribution in [0.5, 0.6) is 11.5 Å². The zero-order chi connectivity index (χ0) is 19.7. The summed E-state index contributed by atoms with van der Waals surface area (Å²) in [6.45, 7) is 1.74. The first-order valence-corrected chi connectivity index (χ1v) is 8.00. The second-order valence-electron chi connectivity index (χ2n) is 5.92. The van der Waals surface area contributed by atoms with Gasteiger partial charge in [-0.2, -0.15) is 4.99 Å². The molecule has 1 aliphatic rings. The molecular formula is C19H17F2N3O3. The van der Waals surface area contributed by atoms with E-state index >= 15 is 0 Å². The molecule has 1 unspecified atom stereocenters. The molecule has 0 aromatic heterocycles. The molecule has 0 bridgehead atoms. The van der Waals surface area contributed by atoms with E-state index in [1.165, 1.54) is 25.3 Å². The first kappa shape index (κ1) is 18.4. The van der Waals surface area contributed by atoms with Crippen molar-refractivity contribution in [2.24, 2.45) is 16.5 Å². The lowest BCUT2D eigenvalue weighted by Gasteiger charge is -2.24. The smallest absolute Gasteiger partial charge is 0.280 e. The Morgan fingerprint density at radius 1 is 1.19 bits per heavy atom. The van der Waals surface area contributed by atoms with Crippen LogP contribution in [0.3, 0.4) is 0 Å². The molecule has 27 heavy (non-hydrogen) atoms. The van der Waals surface area contributed by atoms with Crippen molar-refractivity contribution in [1.82, 2.24) is 0 Å². The summed E-state index contributed by atoms with van der Waals surface area (Å²) in [4.78, 5) is 15.6. The van der Waals surface area contributed by atoms with Crippen LogP contribution in [0.15, 0.2) is 41.4 Å². The third-order valence-electron chi connectivity index (χ3n) is 3.98. The molecule has 1 amide bonds. The molecule has 4 N–H and O–H groups in total. The number of halogens is 2. The van der Waals surface area contributed by atoms with Crippen molar-refractivity contribution in [3.8, 4) is 11.5 Å². The number of aliphatic imine (C=N–C) groups is 1. The molecule has 0 saturated carbocycles. The van der Waals surface area contributed by atoms with Crippen LogP contribution in [0.1, 0.15) is 28.4 Å². The number of nitrogens with zero attached hydrogens (tertiary/aromatic N) is 1. The molecule has 0 radical (unpaired) electrons. The Morgan fingerprint density at radius 3 is 2.44 bits per heavy atom. The van der Waals surface area contributed by atoms with Crippen LogP contribution in [0.25, 0.3) is 5.57 Å². The van der Waals surface area contributed by atoms with Crippen molar-refractivity contribution >= 4 is 17.4 Å². The van der Waals surface area contributed by atoms with Gasteiger partial charge in [0.25, 0.3) is 5.91 Å². The molecule has 8 heteroatoms. The molecule has 0 saturated heterocycles. The predicted molar refractivity (Wildman–Crippen MR) is 96.7 cm³/mol. The Kier molecular flexibility index (Phi) is 4.81. The molecule has 1 atom stereocenters. The molecule has 2 aromatic carbocycles. The maximum absolute atomic E-state index is 14.6. The number of fused-ring (bicyclic) bond motifs is 1. The van der Waals surface area contributed by atoms with Gasteiger partial charge in [0.05, 0.1) is 12.7 Å². The van der Waals surface area contributed by atoms with Crippen LogP contribution in [-0.2, 0) is 0 Å². The number of benzene rings is 2. The topological polar surface area (TPSA) is 99.9 Å². The summed E-state index contributed by atoms with van der Waals surface area (Å²) in [6.07, 6.45) is 1.15. The minimum atomic E-state index is -0.792. The van der Waals surface area contributed by atoms with Gasteiger partial charge in [-0.25, -0.2) is 8.78 Å². The second kappa shape index (κ2) is 7.06. The van der Waals surface area contributed by atoms with Gasteiger partial charge in [0, 0.05) is 23.3 Å². The lowest BCUT2D eigenvalue weighted by molar-refractivity contribution is 0.100. The molecule has 3 rings (SSSR count). The minimum absolute atomic E-state index is 0.0615. The van der Waals surface area contributed by atoms with Gasteiger partial charge in [-0.15, -0.1) is 0 Å². The third kappa shape index (κ3) is 3.59. The Balaban J connectivity index is 2.17. The Hall–Kier alpha value is -3.42. The molecule has 0 spiro atoms. The number of carbonyl (C=O) groups is 1. The molecule has 6 nitrogen and oxygen atoms in total. The van der Waals surface area contributed by atoms with Gasteiger partial charge in [0.1, 0.15) is 29.2 Å². The molecule has 0 aliphatic carbocycles. The fraction of sp³-hybridized carbons (Fsp3) is 0.158. The van der Waals surface area contributed by atoms with Gasteiger partial charge in [-0.05, 0) is 36.8 Å². The van der Waals surface area contributed by atoms with E-state index in [0.717, 1.165) is 12.1 Å². The van der Waals surface area contributed by atoms with E-state index in [1.54, 1.807) is 13.0 Å². The quantitative estimate of drug-likeness (QED) is 0.636. The summed E-state index contributed by atoms with van der Waals surface area (Å²) in [5.74, 6) is -2.20. The lowest BCUT2D eigenvalue weighted by atomic mass is 9.91. The van der Waals surface area contributed by atoms with Gasteiger partial charge < -0.3 is 20.9 Å². The van der Waals surface area contributed by atoms with E-state index in [1.807, 2.05) is 0 Å². The summed E-state index contributed by atoms with van der Waals surface area (Å²) in [5, 5.41) is 0. The fourth-order valence-electron chi connectivity index (χ4n) is 2.86. The first-order valence-electron chi connectivity index (χ1n) is 8.00. The van der Waals surface area contributed by atoms with Crippen molar-refractivity contribution in [3.05, 3.63) is 64.7 Å². The van der Waals surface area contributed by atoms with Crippen LogP contribution in [-0.4, -0.2) is 25.1 Å². The third-order valence-corrected chi connectivity index (χ3v) is 3.98. The van der Waals surface area contributed by atoms with Crippen molar-refractivity contribution in [3.63, 3.8) is 0 Å². The monoisotopic (exact) mass is 373 g/mol. The average Bonchev–Trinajstić information content (AvgIpc) is 2.59. The Bertz CT molecular complexity index is 959. The maximum Gasteiger partial charge on any atom is 0.280 e. The van der Waals surface area contributed by atoms with Crippen LogP contribution < -0.4 is 20.9 Å². The highest BCUT2D eigenvalue weighted by Gasteiger charge is 2.25. The van der Waals surface area contributed by atoms with Crippen molar-refractivity contribution in [2.45, 2.75) is 13.0 Å². The minimum Gasteiger partial charge on any atom is -0.497 e. The van der Waals surface area contributed by atoms with E-state index < -0.39 is 23.6 Å². The molecule has 0 fully saturated rings. The summed E-state index contributed by atoms with van der Waals surface area (Å²) < 4.78 is 39.8. The number of carbonyl (C=O) groups excluding carboxylic acids is 1. The maximum atomic E-state index is 14.6. The number of amides is 1. The van der Waals surface area contributed by atoms with Gasteiger partial charge in [-0.3, -0.25) is 4.79 Å². The van der Waals surface area contributed by atoms with Crippen LogP contribution >= 0.6 is 0 Å². The highest BCUT2D eigenvalue weighted by Crippen LogP contribution is 2.39. The number of guanidine groups is 1. The van der Waals surface area contributed by atoms with Crippen LogP contribution in [0, 0.1) is 11.6 Å². The van der Waals surface area contributed by atoms with Crippen molar-refractivity contribution < 1.29 is 23.0 Å². The van der Waals surface area contributed by atoms with Crippen molar-refractivity contribution in [2.75, 3.05) is 7.11 Å². The Morgan fingerprint density at radius 2 is 1.85 bits per heavy atom. The lowest BCUT2D eigenvalue weighted by Crippen LogP contribution is -2.24. The van der Waals surface area contributed by atoms with E-state index in [4.69, 9.17) is 20.9 Å². The van der Waals surface area contributed by atoms with Gasteiger partial charge >= 0.3 is 0 Å². The summed E-state index contributed by atoms with van der Waals surface area (Å²) >= 11 is 0. The molecule has 2 aromatic rings. The summed E-state index contributed by atoms with van der Waals surface area (Å²) in [7, 11) is 1.32. The van der Waals surface area contributed by atoms with E-state index in [0.29, 0.717) is 11.3 Å². The zero-order valence-electron chi connectivity index (χ0n) is 14.6. The zero-order valence-corrected chi connectivity index (χ0v) is 14.6. The average molecular weight is 373 g/mol. The summed E-state index contributed by atoms with van der Waals surface area (Å²) in [6, 6.07) is 6.63. The summed E-state index contributed by atoms with van der Waals surface area (Å²) in [5.41, 5.74) is 11.0. The highest BCUT2D eigenvalue weighted by molar-refractivity contribution is 6.03. The van der Waals surface area contributed by atoms with E-state index in [2.05, 4.69) is 4.99 Å². The number of methoxy groups -OCH3 is 1. The highest BCUT2D eigenvalue weighted by atomic mass is 19.1. The Labute approximate surface area is 154 Å². The normalized spacial score (nSPS) is 15.3. The second-order valence-corrected chi connectivity index (χ2v) is 5.92. The standard InChI is InChI=1S/C19H17F2N3O3/c1-9-5-13(17-14(20)7-11(26-2)8-15(17)21)12-6-10(3-4-16(12)27-9)18(25)24-19(22)23/h3-9H,1-2H3,(H4,22,23,24,25). The largest absolute Gasteiger partial charge is 0.497 e. The number of ether oxygens (including phenoxy) is 2. The molecule has 1 heterocycles. The van der Waals surface area contributed by atoms with E-state index in [9.17, 15) is 13.6 Å². The van der Waals surface area contributed by atoms with E-state index in [-0.39, 0.29) is 28.4 Å². The number of hydrogen-bond acceptors (Lipinski definition) is 3.